The molecule has 1 fully saturated rings. The zero-order valence-electron chi connectivity index (χ0n) is 47.0. The van der Waals surface area contributed by atoms with Crippen LogP contribution >= 0.6 is 0 Å². The first-order valence-corrected chi connectivity index (χ1v) is 30.7. The van der Waals surface area contributed by atoms with Crippen LogP contribution in [0.15, 0.2) is 122 Å². The molecule has 1 saturated heterocycles. The number of hydrogen-bond donors (Lipinski definition) is 4. The summed E-state index contributed by atoms with van der Waals surface area (Å²) in [5.74, 6) is -0.413. The molecule has 0 aromatic carbocycles. The van der Waals surface area contributed by atoms with Gasteiger partial charge >= 0.3 is 16.4 Å². The second-order valence-electron chi connectivity index (χ2n) is 19.5. The van der Waals surface area contributed by atoms with Crippen LogP contribution in [0.4, 0.5) is 0 Å². The Morgan fingerprint density at radius 1 is 0.500 bits per heavy atom. The van der Waals surface area contributed by atoms with Crippen LogP contribution in [-0.2, 0) is 38.3 Å². The fraction of sp³-hybridized carbons (Fsp3) is 0.667. The first kappa shape index (κ1) is 70.5. The van der Waals surface area contributed by atoms with Crippen molar-refractivity contribution in [1.29, 1.82) is 0 Å². The van der Waals surface area contributed by atoms with Gasteiger partial charge in [0.25, 0.3) is 0 Å². The van der Waals surface area contributed by atoms with E-state index in [0.29, 0.717) is 13.0 Å². The van der Waals surface area contributed by atoms with Crippen LogP contribution in [-0.4, -0.2) is 97.5 Å². The summed E-state index contributed by atoms with van der Waals surface area (Å²) in [7, 11) is -5.08. The molecule has 1 aliphatic heterocycles. The summed E-state index contributed by atoms with van der Waals surface area (Å²) in [6, 6.07) is 0. The van der Waals surface area contributed by atoms with Crippen LogP contribution in [0.1, 0.15) is 206 Å². The van der Waals surface area contributed by atoms with Crippen LogP contribution in [0.2, 0.25) is 0 Å². The standard InChI is InChI=1S/C63H104O12S/c1-3-5-7-9-11-13-15-17-19-21-23-25-27-29-30-32-34-36-38-40-42-44-46-48-50-52-59(65)73-57(56-72-63-61(67)62(75-76(68,69)70)60(66)58(54-64)74-63)55-71-53-51-49-47-45-43-41-39-37-35-33-31-28-26-24-22-20-18-16-14-12-10-8-6-4-2/h5-8,11-14,17-20,23-26,31,33,37,39,57-58,60-64,66-67H,3-4,9-10,15-16,21-22,27-30,32,34-36,38,40-56H2,1-2H3,(H,68,69,70)/b7-5-,8-6-,13-11-,14-12-,19-17-,20-18-,25-23-,26-24-,33-31-,39-37-. The van der Waals surface area contributed by atoms with Crippen LogP contribution < -0.4 is 0 Å². The van der Waals surface area contributed by atoms with Crippen LogP contribution in [0.5, 0.6) is 0 Å². The second-order valence-corrected chi connectivity index (χ2v) is 20.5. The highest BCUT2D eigenvalue weighted by atomic mass is 32.3. The topological polar surface area (TPSA) is 178 Å². The molecule has 6 atom stereocenters. The highest BCUT2D eigenvalue weighted by Gasteiger charge is 2.48. The average molecular weight is 1090 g/mol. The molecule has 12 nitrogen and oxygen atoms in total. The number of ether oxygens (including phenoxy) is 4. The van der Waals surface area contributed by atoms with Gasteiger partial charge in [-0.3, -0.25) is 9.35 Å². The van der Waals surface area contributed by atoms with E-state index in [1.54, 1.807) is 0 Å². The highest BCUT2D eigenvalue weighted by Crippen LogP contribution is 2.26. The zero-order chi connectivity index (χ0) is 55.3. The molecule has 0 amide bonds. The van der Waals surface area contributed by atoms with E-state index in [1.165, 1.54) is 51.4 Å². The lowest BCUT2D eigenvalue weighted by atomic mass is 9.99. The Labute approximate surface area is 461 Å². The molecule has 434 valence electrons. The SMILES string of the molecule is CC/C=C\C/C=C\C/C=C\C/C=C\C/C=C\C/C=C\CCCCCCCOCC(COC1OC(CO)C(O)C(OS(=O)(=O)O)C1O)OC(=O)CCCCCCCCCCCCCC/C=C\C/C=C\C/C=C\C/C=C\CC. The predicted molar refractivity (Wildman–Crippen MR) is 312 cm³/mol. The average Bonchev–Trinajstić information content (AvgIpc) is 3.40. The van der Waals surface area contributed by atoms with E-state index in [2.05, 4.69) is 140 Å². The van der Waals surface area contributed by atoms with Crippen molar-refractivity contribution in [2.24, 2.45) is 0 Å². The maximum atomic E-state index is 13.0. The Morgan fingerprint density at radius 2 is 0.868 bits per heavy atom. The number of aliphatic hydroxyl groups is 3. The fourth-order valence-corrected chi connectivity index (χ4v) is 8.76. The van der Waals surface area contributed by atoms with Crippen molar-refractivity contribution < 1.29 is 56.2 Å². The maximum Gasteiger partial charge on any atom is 0.397 e. The summed E-state index contributed by atoms with van der Waals surface area (Å²) >= 11 is 0. The van der Waals surface area contributed by atoms with Gasteiger partial charge in [-0.05, 0) is 103 Å². The lowest BCUT2D eigenvalue weighted by molar-refractivity contribution is -0.301. The molecule has 0 saturated carbocycles. The van der Waals surface area contributed by atoms with Gasteiger partial charge in [0.2, 0.25) is 0 Å². The molecule has 1 heterocycles. The number of carbonyl (C=O) groups excluding carboxylic acids is 1. The molecular formula is C63H104O12S. The molecule has 0 aliphatic carbocycles. The molecule has 0 bridgehead atoms. The Balaban J connectivity index is 2.32. The second kappa shape index (κ2) is 52.2. The summed E-state index contributed by atoms with van der Waals surface area (Å²) < 4.78 is 59.5. The monoisotopic (exact) mass is 1080 g/mol. The number of aliphatic hydroxyl groups excluding tert-OH is 3. The summed E-state index contributed by atoms with van der Waals surface area (Å²) in [5, 5.41) is 30.9. The van der Waals surface area contributed by atoms with Crippen molar-refractivity contribution in [3.05, 3.63) is 122 Å². The van der Waals surface area contributed by atoms with E-state index >= 15 is 0 Å². The first-order valence-electron chi connectivity index (χ1n) is 29.3. The van der Waals surface area contributed by atoms with Gasteiger partial charge in [0, 0.05) is 13.0 Å². The van der Waals surface area contributed by atoms with E-state index < -0.39 is 59.8 Å². The van der Waals surface area contributed by atoms with Gasteiger partial charge in [0.05, 0.1) is 19.8 Å². The van der Waals surface area contributed by atoms with Gasteiger partial charge < -0.3 is 34.3 Å². The number of unbranched alkanes of at least 4 members (excludes halogenated alkanes) is 17. The molecule has 0 spiro atoms. The number of carbonyl (C=O) groups is 1. The molecule has 1 rings (SSSR count). The minimum Gasteiger partial charge on any atom is -0.457 e. The first-order chi connectivity index (χ1) is 37.1. The molecule has 1 aliphatic rings. The molecule has 76 heavy (non-hydrogen) atoms. The van der Waals surface area contributed by atoms with Crippen molar-refractivity contribution in [3.8, 4) is 0 Å². The summed E-state index contributed by atoms with van der Waals surface area (Å²) in [6.07, 6.45) is 66.6. The normalized spacial score (nSPS) is 19.5. The van der Waals surface area contributed by atoms with Crippen molar-refractivity contribution >= 4 is 16.4 Å². The Kier molecular flexibility index (Phi) is 48.4. The van der Waals surface area contributed by atoms with Crippen molar-refractivity contribution in [2.75, 3.05) is 26.4 Å². The van der Waals surface area contributed by atoms with Gasteiger partial charge in [-0.15, -0.1) is 0 Å². The van der Waals surface area contributed by atoms with Gasteiger partial charge in [-0.1, -0.05) is 219 Å². The molecule has 4 N–H and O–H groups in total. The Morgan fingerprint density at radius 3 is 1.26 bits per heavy atom. The smallest absolute Gasteiger partial charge is 0.397 e. The molecule has 0 aromatic heterocycles. The summed E-state index contributed by atoms with van der Waals surface area (Å²) in [4.78, 5) is 13.0. The molecule has 6 unspecified atom stereocenters. The molecular weight excluding hydrogens is 981 g/mol. The number of hydrogen-bond acceptors (Lipinski definition) is 11. The third-order valence-corrected chi connectivity index (χ3v) is 13.0. The largest absolute Gasteiger partial charge is 0.457 e. The van der Waals surface area contributed by atoms with Gasteiger partial charge in [-0.25, -0.2) is 4.18 Å². The maximum absolute atomic E-state index is 13.0. The van der Waals surface area contributed by atoms with E-state index in [9.17, 15) is 33.1 Å². The van der Waals surface area contributed by atoms with Crippen LogP contribution in [0, 0.1) is 0 Å². The van der Waals surface area contributed by atoms with Crippen molar-refractivity contribution in [2.45, 2.75) is 243 Å². The third kappa shape index (κ3) is 44.5. The predicted octanol–water partition coefficient (Wildman–Crippen LogP) is 14.9. The molecule has 0 radical (unpaired) electrons. The van der Waals surface area contributed by atoms with Gasteiger partial charge in [0.15, 0.2) is 6.29 Å². The van der Waals surface area contributed by atoms with Crippen LogP contribution in [0.3, 0.4) is 0 Å². The number of esters is 1. The van der Waals surface area contributed by atoms with E-state index in [0.717, 1.165) is 128 Å². The lowest BCUT2D eigenvalue weighted by Crippen LogP contribution is -2.60. The van der Waals surface area contributed by atoms with E-state index in [-0.39, 0.29) is 19.6 Å². The fourth-order valence-electron chi connectivity index (χ4n) is 8.26. The van der Waals surface area contributed by atoms with Crippen molar-refractivity contribution in [1.82, 2.24) is 0 Å². The van der Waals surface area contributed by atoms with Gasteiger partial charge in [0.1, 0.15) is 30.5 Å². The summed E-state index contributed by atoms with van der Waals surface area (Å²) in [5.41, 5.74) is 0. The molecule has 13 heteroatoms. The minimum absolute atomic E-state index is 0.0142. The summed E-state index contributed by atoms with van der Waals surface area (Å²) in [6.45, 7) is 3.72. The Bertz CT molecular complexity index is 1780. The quantitative estimate of drug-likeness (QED) is 0.0196. The lowest BCUT2D eigenvalue weighted by Gasteiger charge is -2.41. The zero-order valence-corrected chi connectivity index (χ0v) is 47.8. The van der Waals surface area contributed by atoms with E-state index in [4.69, 9.17) is 18.9 Å². The number of rotatable bonds is 50. The third-order valence-electron chi connectivity index (χ3n) is 12.6. The minimum atomic E-state index is -5.08. The van der Waals surface area contributed by atoms with Crippen LogP contribution in [0.25, 0.3) is 0 Å². The van der Waals surface area contributed by atoms with E-state index in [1.807, 2.05) is 0 Å². The highest BCUT2D eigenvalue weighted by molar-refractivity contribution is 7.80. The van der Waals surface area contributed by atoms with Crippen molar-refractivity contribution in [3.63, 3.8) is 0 Å². The Hall–Kier alpha value is -3.50. The number of allylic oxidation sites excluding steroid dienone is 20. The molecule has 0 aromatic rings. The van der Waals surface area contributed by atoms with Gasteiger partial charge in [-0.2, -0.15) is 8.42 Å².